The lowest BCUT2D eigenvalue weighted by atomic mass is 9.92. The number of rotatable bonds is 6. The van der Waals surface area contributed by atoms with Crippen LogP contribution < -0.4 is 10.5 Å². The summed E-state index contributed by atoms with van der Waals surface area (Å²) in [6.07, 6.45) is 3.81. The van der Waals surface area contributed by atoms with Crippen LogP contribution in [0.1, 0.15) is 36.2 Å². The number of ether oxygens (including phenoxy) is 1. The van der Waals surface area contributed by atoms with Crippen LogP contribution in [0.5, 0.6) is 11.6 Å². The number of piperidine rings is 1. The highest BCUT2D eigenvalue weighted by Gasteiger charge is 2.21. The normalized spacial score (nSPS) is 20.7. The molecule has 0 spiro atoms. The summed E-state index contributed by atoms with van der Waals surface area (Å²) >= 11 is 0. The van der Waals surface area contributed by atoms with Crippen molar-refractivity contribution in [2.45, 2.75) is 26.7 Å². The standard InChI is InChI=1S/C21H27N3O2/c1-15-11-16(2)14-24(13-15)10-9-17-3-6-19(7-4-17)26-20-8-5-18(12-23-20)21(22)25/h3-8,12,15-16H,9-11,13-14H2,1-2H3,(H2,22,25). The summed E-state index contributed by atoms with van der Waals surface area (Å²) in [6, 6.07) is 11.4. The number of aromatic nitrogens is 1. The second-order valence-corrected chi connectivity index (χ2v) is 7.45. The molecule has 26 heavy (non-hydrogen) atoms. The maximum Gasteiger partial charge on any atom is 0.250 e. The van der Waals surface area contributed by atoms with Gasteiger partial charge in [-0.25, -0.2) is 4.98 Å². The number of likely N-dealkylation sites (tertiary alicyclic amines) is 1. The van der Waals surface area contributed by atoms with Crippen LogP contribution in [0, 0.1) is 11.8 Å². The molecule has 2 aromatic rings. The van der Waals surface area contributed by atoms with Gasteiger partial charge in [-0.3, -0.25) is 4.79 Å². The van der Waals surface area contributed by atoms with E-state index in [0.29, 0.717) is 11.4 Å². The number of pyridine rings is 1. The molecule has 3 rings (SSSR count). The molecular weight excluding hydrogens is 326 g/mol. The zero-order valence-electron chi connectivity index (χ0n) is 15.5. The Morgan fingerprint density at radius 1 is 1.15 bits per heavy atom. The van der Waals surface area contributed by atoms with Crippen LogP contribution in [0.2, 0.25) is 0 Å². The number of hydrogen-bond acceptors (Lipinski definition) is 4. The van der Waals surface area contributed by atoms with Crippen molar-refractivity contribution >= 4 is 5.91 Å². The van der Waals surface area contributed by atoms with E-state index in [1.54, 1.807) is 12.1 Å². The van der Waals surface area contributed by atoms with Gasteiger partial charge in [0.1, 0.15) is 5.75 Å². The van der Waals surface area contributed by atoms with Crippen molar-refractivity contribution in [3.8, 4) is 11.6 Å². The summed E-state index contributed by atoms with van der Waals surface area (Å²) in [5.41, 5.74) is 6.88. The second kappa shape index (κ2) is 8.32. The Balaban J connectivity index is 1.52. The van der Waals surface area contributed by atoms with Crippen molar-refractivity contribution in [1.29, 1.82) is 0 Å². The number of carbonyl (C=O) groups excluding carboxylic acids is 1. The first-order chi connectivity index (χ1) is 12.5. The molecule has 5 nitrogen and oxygen atoms in total. The summed E-state index contributed by atoms with van der Waals surface area (Å²) in [4.78, 5) is 17.7. The smallest absolute Gasteiger partial charge is 0.250 e. The van der Waals surface area contributed by atoms with Crippen LogP contribution in [0.4, 0.5) is 0 Å². The summed E-state index contributed by atoms with van der Waals surface area (Å²) in [5.74, 6) is 2.27. The zero-order chi connectivity index (χ0) is 18.5. The van der Waals surface area contributed by atoms with Gasteiger partial charge in [0.05, 0.1) is 5.56 Å². The van der Waals surface area contributed by atoms with Crippen LogP contribution >= 0.6 is 0 Å². The summed E-state index contributed by atoms with van der Waals surface area (Å²) in [5, 5.41) is 0. The van der Waals surface area contributed by atoms with Crippen molar-refractivity contribution in [1.82, 2.24) is 9.88 Å². The van der Waals surface area contributed by atoms with E-state index in [1.165, 1.54) is 31.3 Å². The van der Waals surface area contributed by atoms with E-state index in [-0.39, 0.29) is 0 Å². The minimum absolute atomic E-state index is 0.369. The van der Waals surface area contributed by atoms with E-state index in [4.69, 9.17) is 10.5 Å². The molecule has 2 N–H and O–H groups in total. The van der Waals surface area contributed by atoms with Crippen LogP contribution in [-0.2, 0) is 6.42 Å². The molecule has 1 aliphatic heterocycles. The van der Waals surface area contributed by atoms with Gasteiger partial charge in [-0.05, 0) is 48.4 Å². The third kappa shape index (κ3) is 5.05. The van der Waals surface area contributed by atoms with Gasteiger partial charge in [0.2, 0.25) is 11.8 Å². The van der Waals surface area contributed by atoms with E-state index in [0.717, 1.165) is 30.6 Å². The zero-order valence-corrected chi connectivity index (χ0v) is 15.5. The Morgan fingerprint density at radius 2 is 1.85 bits per heavy atom. The molecule has 0 aliphatic carbocycles. The van der Waals surface area contributed by atoms with Gasteiger partial charge >= 0.3 is 0 Å². The lowest BCUT2D eigenvalue weighted by molar-refractivity contribution is 0.1000. The highest BCUT2D eigenvalue weighted by molar-refractivity contribution is 5.92. The minimum atomic E-state index is -0.495. The minimum Gasteiger partial charge on any atom is -0.439 e. The first kappa shape index (κ1) is 18.4. The maximum atomic E-state index is 11.1. The number of amides is 1. The molecule has 1 aliphatic rings. The Bertz CT molecular complexity index is 718. The molecule has 2 atom stereocenters. The number of benzene rings is 1. The van der Waals surface area contributed by atoms with E-state index < -0.39 is 5.91 Å². The molecule has 0 bridgehead atoms. The fourth-order valence-electron chi connectivity index (χ4n) is 3.69. The molecule has 5 heteroatoms. The monoisotopic (exact) mass is 353 g/mol. The second-order valence-electron chi connectivity index (χ2n) is 7.45. The van der Waals surface area contributed by atoms with Gasteiger partial charge < -0.3 is 15.4 Å². The lowest BCUT2D eigenvalue weighted by Gasteiger charge is -2.34. The van der Waals surface area contributed by atoms with E-state index in [2.05, 4.69) is 35.9 Å². The number of carbonyl (C=O) groups is 1. The topological polar surface area (TPSA) is 68.5 Å². The van der Waals surface area contributed by atoms with Gasteiger partial charge in [-0.2, -0.15) is 0 Å². The van der Waals surface area contributed by atoms with Crippen molar-refractivity contribution in [2.75, 3.05) is 19.6 Å². The van der Waals surface area contributed by atoms with Crippen molar-refractivity contribution in [2.24, 2.45) is 17.6 Å². The van der Waals surface area contributed by atoms with E-state index in [9.17, 15) is 4.79 Å². The molecule has 1 aromatic carbocycles. The quantitative estimate of drug-likeness (QED) is 0.863. The Hall–Kier alpha value is -2.40. The molecule has 1 saturated heterocycles. The molecule has 1 amide bonds. The van der Waals surface area contributed by atoms with E-state index in [1.807, 2.05) is 12.1 Å². The molecule has 0 saturated carbocycles. The van der Waals surface area contributed by atoms with Gasteiger partial charge in [-0.1, -0.05) is 26.0 Å². The fraction of sp³-hybridized carbons (Fsp3) is 0.429. The molecular formula is C21H27N3O2. The predicted molar refractivity (Wildman–Crippen MR) is 102 cm³/mol. The predicted octanol–water partition coefficient (Wildman–Crippen LogP) is 3.49. The Labute approximate surface area is 155 Å². The molecule has 2 heterocycles. The van der Waals surface area contributed by atoms with Crippen molar-refractivity contribution in [3.05, 3.63) is 53.7 Å². The van der Waals surface area contributed by atoms with Crippen molar-refractivity contribution in [3.63, 3.8) is 0 Å². The summed E-state index contributed by atoms with van der Waals surface area (Å²) < 4.78 is 5.72. The molecule has 1 fully saturated rings. The maximum absolute atomic E-state index is 11.1. The van der Waals surface area contributed by atoms with Crippen molar-refractivity contribution < 1.29 is 9.53 Å². The number of nitrogens with zero attached hydrogens (tertiary/aromatic N) is 2. The highest BCUT2D eigenvalue weighted by Crippen LogP contribution is 2.22. The number of hydrogen-bond donors (Lipinski definition) is 1. The Kier molecular flexibility index (Phi) is 5.89. The first-order valence-corrected chi connectivity index (χ1v) is 9.24. The molecule has 138 valence electrons. The average Bonchev–Trinajstić information content (AvgIpc) is 2.61. The van der Waals surface area contributed by atoms with Gasteiger partial charge in [0.15, 0.2) is 0 Å². The lowest BCUT2D eigenvalue weighted by Crippen LogP contribution is -2.39. The van der Waals surface area contributed by atoms with Crippen LogP contribution in [-0.4, -0.2) is 35.4 Å². The van der Waals surface area contributed by atoms with Crippen LogP contribution in [0.15, 0.2) is 42.6 Å². The largest absolute Gasteiger partial charge is 0.439 e. The van der Waals surface area contributed by atoms with Gasteiger partial charge in [0, 0.05) is 31.9 Å². The first-order valence-electron chi connectivity index (χ1n) is 9.24. The van der Waals surface area contributed by atoms with Crippen LogP contribution in [0.3, 0.4) is 0 Å². The van der Waals surface area contributed by atoms with Crippen LogP contribution in [0.25, 0.3) is 0 Å². The summed E-state index contributed by atoms with van der Waals surface area (Å²) in [6.45, 7) is 8.21. The van der Waals surface area contributed by atoms with Gasteiger partial charge in [-0.15, -0.1) is 0 Å². The van der Waals surface area contributed by atoms with Gasteiger partial charge in [0.25, 0.3) is 0 Å². The molecule has 0 radical (unpaired) electrons. The average molecular weight is 353 g/mol. The highest BCUT2D eigenvalue weighted by atomic mass is 16.5. The van der Waals surface area contributed by atoms with E-state index >= 15 is 0 Å². The fourth-order valence-corrected chi connectivity index (χ4v) is 3.69. The third-order valence-corrected chi connectivity index (χ3v) is 4.83. The third-order valence-electron chi connectivity index (χ3n) is 4.83. The summed E-state index contributed by atoms with van der Waals surface area (Å²) in [7, 11) is 0. The molecule has 2 unspecified atom stereocenters. The molecule has 1 aromatic heterocycles. The SMILES string of the molecule is CC1CC(C)CN(CCc2ccc(Oc3ccc(C(N)=O)cn3)cc2)C1. The Morgan fingerprint density at radius 3 is 2.42 bits per heavy atom. The number of nitrogens with two attached hydrogens (primary N) is 1. The number of primary amides is 1.